The van der Waals surface area contributed by atoms with Crippen LogP contribution in [-0.4, -0.2) is 5.78 Å². The van der Waals surface area contributed by atoms with Gasteiger partial charge in [-0.25, -0.2) is 0 Å². The van der Waals surface area contributed by atoms with E-state index in [9.17, 15) is 4.79 Å². The fraction of sp³-hybridized carbons (Fsp3) is 0.700. The third-order valence-electron chi connectivity index (χ3n) is 1.63. The van der Waals surface area contributed by atoms with E-state index >= 15 is 0 Å². The van der Waals surface area contributed by atoms with Crippen molar-refractivity contribution in [1.29, 1.82) is 0 Å². The van der Waals surface area contributed by atoms with Crippen LogP contribution < -0.4 is 0 Å². The molecule has 0 unspecified atom stereocenters. The second-order valence-electron chi connectivity index (χ2n) is 2.72. The van der Waals surface area contributed by atoms with Gasteiger partial charge in [0.2, 0.25) is 0 Å². The lowest BCUT2D eigenvalue weighted by atomic mass is 10.4. The van der Waals surface area contributed by atoms with Gasteiger partial charge in [0.25, 0.3) is 0 Å². The Labute approximate surface area is 69.5 Å². The third kappa shape index (κ3) is 7.31. The molecule has 0 atom stereocenters. The predicted molar refractivity (Wildman–Crippen MR) is 48.6 cm³/mol. The van der Waals surface area contributed by atoms with E-state index in [0.717, 1.165) is 32.1 Å². The summed E-state index contributed by atoms with van der Waals surface area (Å²) in [5.41, 5.74) is 0. The number of allylic oxidation sites excluding steroid dienone is 2. The van der Waals surface area contributed by atoms with Gasteiger partial charge < -0.3 is 0 Å². The fourth-order valence-electron chi connectivity index (χ4n) is 1.01. The molecule has 64 valence electrons. The van der Waals surface area contributed by atoms with E-state index in [1.807, 2.05) is 6.92 Å². The molecule has 0 N–H and O–H groups in total. The Morgan fingerprint density at radius 2 is 1.91 bits per heavy atom. The monoisotopic (exact) mass is 154 g/mol. The molecule has 0 aliphatic heterocycles. The molecule has 0 radical (unpaired) electrons. The number of carbonyl (C=O) groups excluding carboxylic acids is 1. The highest BCUT2D eigenvalue weighted by Crippen LogP contribution is 2.11. The van der Waals surface area contributed by atoms with Crippen LogP contribution in [0.2, 0.25) is 0 Å². The van der Waals surface area contributed by atoms with Gasteiger partial charge >= 0.3 is 0 Å². The van der Waals surface area contributed by atoms with Gasteiger partial charge in [-0.3, -0.25) is 4.79 Å². The highest BCUT2D eigenvalue weighted by atomic mass is 16.1. The average molecular weight is 154 g/mol. The van der Waals surface area contributed by atoms with E-state index in [0.29, 0.717) is 5.78 Å². The molecule has 1 rings (SSSR count). The van der Waals surface area contributed by atoms with Crippen LogP contribution in [0.25, 0.3) is 0 Å². The minimum Gasteiger partial charge on any atom is -0.300 e. The lowest BCUT2D eigenvalue weighted by Crippen LogP contribution is -1.81. The number of Topliss-reactive ketones (excluding diaryl/α,β-unsaturated/α-hetero) is 1. The lowest BCUT2D eigenvalue weighted by molar-refractivity contribution is -0.117. The van der Waals surface area contributed by atoms with E-state index in [4.69, 9.17) is 0 Å². The van der Waals surface area contributed by atoms with Crippen molar-refractivity contribution in [2.75, 3.05) is 0 Å². The zero-order chi connectivity index (χ0) is 8.53. The molecule has 11 heavy (non-hydrogen) atoms. The molecule has 1 nitrogen and oxygen atoms in total. The number of hydrogen-bond acceptors (Lipinski definition) is 1. The van der Waals surface area contributed by atoms with Crippen LogP contribution in [0, 0.1) is 0 Å². The Bertz CT molecular complexity index is 117. The van der Waals surface area contributed by atoms with Crippen LogP contribution in [0.5, 0.6) is 0 Å². The summed E-state index contributed by atoms with van der Waals surface area (Å²) in [6.45, 7) is 4.16. The molecule has 0 heterocycles. The molecule has 0 spiro atoms. The quantitative estimate of drug-likeness (QED) is 0.530. The topological polar surface area (TPSA) is 17.1 Å². The van der Waals surface area contributed by atoms with Crippen molar-refractivity contribution in [1.82, 2.24) is 0 Å². The molecular formula is C10H18O. The van der Waals surface area contributed by atoms with Gasteiger partial charge in [-0.05, 0) is 26.2 Å². The summed E-state index contributed by atoms with van der Waals surface area (Å²) in [6.07, 6.45) is 9.31. The van der Waals surface area contributed by atoms with Gasteiger partial charge in [0.15, 0.2) is 0 Å². The second-order valence-corrected chi connectivity index (χ2v) is 2.72. The number of ketones is 1. The zero-order valence-electron chi connectivity index (χ0n) is 7.60. The lowest BCUT2D eigenvalue weighted by Gasteiger charge is -1.71. The standard InChI is InChI=1S/C5H8O.C5H10/c6-5-3-1-2-4-5;1-3-5-4-2/h1-4H2;3,5H,4H2,1-2H3. The minimum atomic E-state index is 0.454. The van der Waals surface area contributed by atoms with Crippen molar-refractivity contribution >= 4 is 5.78 Å². The zero-order valence-corrected chi connectivity index (χ0v) is 7.60. The minimum absolute atomic E-state index is 0.454. The van der Waals surface area contributed by atoms with Crippen LogP contribution in [-0.2, 0) is 4.79 Å². The maximum absolute atomic E-state index is 10.2. The predicted octanol–water partition coefficient (Wildman–Crippen LogP) is 3.10. The van der Waals surface area contributed by atoms with Crippen molar-refractivity contribution in [2.45, 2.75) is 46.0 Å². The summed E-state index contributed by atoms with van der Waals surface area (Å²) < 4.78 is 0. The van der Waals surface area contributed by atoms with Crippen LogP contribution >= 0.6 is 0 Å². The first-order chi connectivity index (χ1) is 5.31. The normalized spacial score (nSPS) is 16.7. The van der Waals surface area contributed by atoms with E-state index in [1.165, 1.54) is 0 Å². The van der Waals surface area contributed by atoms with E-state index in [-0.39, 0.29) is 0 Å². The van der Waals surface area contributed by atoms with E-state index in [2.05, 4.69) is 19.1 Å². The van der Waals surface area contributed by atoms with Crippen molar-refractivity contribution in [3.8, 4) is 0 Å². The van der Waals surface area contributed by atoms with Gasteiger partial charge in [0.1, 0.15) is 5.78 Å². The summed E-state index contributed by atoms with van der Waals surface area (Å²) in [5.74, 6) is 0.454. The highest BCUT2D eigenvalue weighted by molar-refractivity contribution is 5.79. The Kier molecular flexibility index (Phi) is 7.11. The summed E-state index contributed by atoms with van der Waals surface area (Å²) in [6, 6.07) is 0. The summed E-state index contributed by atoms with van der Waals surface area (Å²) in [7, 11) is 0. The molecule has 1 aliphatic rings. The molecule has 1 fully saturated rings. The maximum Gasteiger partial charge on any atom is 0.132 e. The molecular weight excluding hydrogens is 136 g/mol. The number of carbonyl (C=O) groups is 1. The molecule has 0 aromatic heterocycles. The number of hydrogen-bond donors (Lipinski definition) is 0. The van der Waals surface area contributed by atoms with Gasteiger partial charge in [0, 0.05) is 12.8 Å². The summed E-state index contributed by atoms with van der Waals surface area (Å²) in [5, 5.41) is 0. The van der Waals surface area contributed by atoms with Crippen LogP contribution in [0.15, 0.2) is 12.2 Å². The number of rotatable bonds is 1. The first-order valence-corrected chi connectivity index (χ1v) is 4.44. The van der Waals surface area contributed by atoms with Gasteiger partial charge in [-0.2, -0.15) is 0 Å². The second kappa shape index (κ2) is 7.52. The van der Waals surface area contributed by atoms with Crippen LogP contribution in [0.4, 0.5) is 0 Å². The fourth-order valence-corrected chi connectivity index (χ4v) is 1.01. The van der Waals surface area contributed by atoms with Crippen LogP contribution in [0.1, 0.15) is 46.0 Å². The van der Waals surface area contributed by atoms with Crippen molar-refractivity contribution in [2.24, 2.45) is 0 Å². The third-order valence-corrected chi connectivity index (χ3v) is 1.63. The molecule has 1 heteroatoms. The highest BCUT2D eigenvalue weighted by Gasteiger charge is 2.07. The molecule has 0 aromatic carbocycles. The van der Waals surface area contributed by atoms with Gasteiger partial charge in [-0.15, -0.1) is 0 Å². The first-order valence-electron chi connectivity index (χ1n) is 4.44. The Morgan fingerprint density at radius 1 is 1.36 bits per heavy atom. The molecule has 1 aliphatic carbocycles. The smallest absolute Gasteiger partial charge is 0.132 e. The summed E-state index contributed by atoms with van der Waals surface area (Å²) >= 11 is 0. The van der Waals surface area contributed by atoms with Gasteiger partial charge in [-0.1, -0.05) is 19.1 Å². The SMILES string of the molecule is CC=CCC.O=C1CCCC1. The molecule has 1 saturated carbocycles. The first kappa shape index (κ1) is 10.4. The van der Waals surface area contributed by atoms with Crippen molar-refractivity contribution in [3.05, 3.63) is 12.2 Å². The van der Waals surface area contributed by atoms with Gasteiger partial charge in [0.05, 0.1) is 0 Å². The molecule has 0 amide bonds. The molecule has 0 saturated heterocycles. The molecule has 0 aromatic rings. The molecule has 0 bridgehead atoms. The summed E-state index contributed by atoms with van der Waals surface area (Å²) in [4.78, 5) is 10.2. The Balaban J connectivity index is 0.000000187. The van der Waals surface area contributed by atoms with E-state index < -0.39 is 0 Å². The van der Waals surface area contributed by atoms with Crippen molar-refractivity contribution in [3.63, 3.8) is 0 Å². The van der Waals surface area contributed by atoms with Crippen LogP contribution in [0.3, 0.4) is 0 Å². The Morgan fingerprint density at radius 3 is 2.00 bits per heavy atom. The van der Waals surface area contributed by atoms with E-state index in [1.54, 1.807) is 0 Å². The largest absolute Gasteiger partial charge is 0.300 e. The maximum atomic E-state index is 10.2. The Hall–Kier alpha value is -0.590. The average Bonchev–Trinajstić information content (AvgIpc) is 2.43. The van der Waals surface area contributed by atoms with Crippen molar-refractivity contribution < 1.29 is 4.79 Å².